The molecule has 0 saturated carbocycles. The Labute approximate surface area is 149 Å². The van der Waals surface area contributed by atoms with Gasteiger partial charge in [-0.3, -0.25) is 4.28 Å². The molecular weight excluding hydrogens is 400 g/mol. The molecule has 2 aromatic rings. The molecule has 0 fully saturated rings. The van der Waals surface area contributed by atoms with Crippen LogP contribution in [0.3, 0.4) is 0 Å². The number of hydrogen-bond acceptors (Lipinski definition) is 4. The summed E-state index contributed by atoms with van der Waals surface area (Å²) in [7, 11) is -6.30. The van der Waals surface area contributed by atoms with E-state index in [4.69, 9.17) is 0 Å². The van der Waals surface area contributed by atoms with E-state index >= 15 is 0 Å². The summed E-state index contributed by atoms with van der Waals surface area (Å²) >= 11 is 0. The average molecular weight is 409 g/mol. The summed E-state index contributed by atoms with van der Waals surface area (Å²) in [6.07, 6.45) is -4.91. The second-order valence-electron chi connectivity index (χ2n) is 5.62. The van der Waals surface area contributed by atoms with E-state index in [0.29, 0.717) is 17.5 Å². The molecule has 4 nitrogen and oxygen atoms in total. The Morgan fingerprint density at radius 2 is 1.56 bits per heavy atom. The third-order valence-corrected chi connectivity index (χ3v) is 4.68. The monoisotopic (exact) mass is 409 g/mol. The minimum atomic E-state index is -6.30. The third-order valence-electron chi connectivity index (χ3n) is 3.85. The molecule has 0 unspecified atom stereocenters. The van der Waals surface area contributed by atoms with Gasteiger partial charge in [0, 0.05) is 5.56 Å². The highest BCUT2D eigenvalue weighted by Crippen LogP contribution is 2.37. The van der Waals surface area contributed by atoms with Crippen molar-refractivity contribution in [3.63, 3.8) is 0 Å². The van der Waals surface area contributed by atoms with Gasteiger partial charge in [0.25, 0.3) is 0 Å². The summed E-state index contributed by atoms with van der Waals surface area (Å²) in [4.78, 5) is 0. The smallest absolute Gasteiger partial charge is 0.261 e. The summed E-state index contributed by atoms with van der Waals surface area (Å²) in [5, 5.41) is 2.26. The molecule has 0 heterocycles. The van der Waals surface area contributed by atoms with E-state index < -0.39 is 33.1 Å². The molecule has 3 rings (SSSR count). The number of hydrogen-bond donors (Lipinski definition) is 0. The van der Waals surface area contributed by atoms with Crippen molar-refractivity contribution in [2.75, 3.05) is 0 Å². The highest BCUT2D eigenvalue weighted by molar-refractivity contribution is 7.87. The van der Waals surface area contributed by atoms with E-state index in [0.717, 1.165) is 23.3 Å². The molecule has 27 heavy (non-hydrogen) atoms. The minimum Gasteiger partial charge on any atom is -0.261 e. The Hall–Kier alpha value is -2.56. The lowest BCUT2D eigenvalue weighted by atomic mass is 10.0. The van der Waals surface area contributed by atoms with Gasteiger partial charge in [0.05, 0.1) is 0 Å². The molecule has 0 radical (unpaired) electrons. The molecule has 0 atom stereocenters. The van der Waals surface area contributed by atoms with E-state index in [-0.39, 0.29) is 0 Å². The Morgan fingerprint density at radius 1 is 0.926 bits per heavy atom. The second kappa shape index (κ2) is 6.25. The van der Waals surface area contributed by atoms with Gasteiger partial charge in [-0.25, -0.2) is 0 Å². The molecule has 1 aliphatic carbocycles. The molecule has 0 N–H and O–H groups in total. The van der Waals surface area contributed by atoms with Crippen molar-refractivity contribution in [2.45, 2.75) is 18.1 Å². The number of oxime groups is 1. The van der Waals surface area contributed by atoms with Gasteiger partial charge in [-0.1, -0.05) is 41.6 Å². The Kier molecular flexibility index (Phi) is 4.45. The molecule has 11 heteroatoms. The summed E-state index contributed by atoms with van der Waals surface area (Å²) < 4.78 is 101. The van der Waals surface area contributed by atoms with E-state index in [1.807, 2.05) is 0 Å². The summed E-state index contributed by atoms with van der Waals surface area (Å²) in [5.74, 6) is 0. The number of alkyl halides is 6. The zero-order valence-corrected chi connectivity index (χ0v) is 13.9. The average Bonchev–Trinajstić information content (AvgIpc) is 2.90. The van der Waals surface area contributed by atoms with Crippen molar-refractivity contribution in [1.82, 2.24) is 0 Å². The van der Waals surface area contributed by atoms with E-state index in [2.05, 4.69) is 9.44 Å². The fourth-order valence-electron chi connectivity index (χ4n) is 2.69. The highest BCUT2D eigenvalue weighted by Gasteiger charge is 2.49. The van der Waals surface area contributed by atoms with Crippen LogP contribution in [-0.4, -0.2) is 25.8 Å². The first-order valence-electron chi connectivity index (χ1n) is 7.27. The zero-order chi connectivity index (χ0) is 20.0. The maximum atomic E-state index is 13.2. The van der Waals surface area contributed by atoms with Crippen LogP contribution in [0.5, 0.6) is 0 Å². The topological polar surface area (TPSA) is 55.7 Å². The lowest BCUT2D eigenvalue weighted by Gasteiger charge is -2.12. The number of benzene rings is 2. The highest BCUT2D eigenvalue weighted by atomic mass is 32.2. The predicted octanol–water partition coefficient (Wildman–Crippen LogP) is 4.39. The first-order valence-corrected chi connectivity index (χ1v) is 8.67. The molecule has 0 amide bonds. The van der Waals surface area contributed by atoms with Crippen molar-refractivity contribution >= 4 is 15.8 Å². The Balaban J connectivity index is 2.01. The van der Waals surface area contributed by atoms with Crippen molar-refractivity contribution < 1.29 is 39.0 Å². The van der Waals surface area contributed by atoms with Crippen molar-refractivity contribution in [3.8, 4) is 11.1 Å². The first kappa shape index (κ1) is 19.2. The fourth-order valence-corrected chi connectivity index (χ4v) is 2.95. The summed E-state index contributed by atoms with van der Waals surface area (Å²) in [5.41, 5.74) is -5.48. The van der Waals surface area contributed by atoms with E-state index in [1.54, 1.807) is 24.3 Å². The summed E-state index contributed by atoms with van der Waals surface area (Å²) in [6.45, 7) is 0. The molecule has 0 aromatic heterocycles. The van der Waals surface area contributed by atoms with Gasteiger partial charge in [-0.2, -0.15) is 34.8 Å². The number of halogens is 6. The van der Waals surface area contributed by atoms with E-state index in [1.165, 1.54) is 6.07 Å². The number of rotatable bonds is 3. The van der Waals surface area contributed by atoms with Crippen LogP contribution in [0, 0.1) is 0 Å². The molecule has 1 aliphatic rings. The third kappa shape index (κ3) is 3.64. The molecule has 0 saturated heterocycles. The fraction of sp³-hybridized carbons (Fsp3) is 0.188. The second-order valence-corrected chi connectivity index (χ2v) is 7.14. The van der Waals surface area contributed by atoms with Gasteiger partial charge in [0.1, 0.15) is 0 Å². The van der Waals surface area contributed by atoms with E-state index in [9.17, 15) is 34.8 Å². The predicted molar refractivity (Wildman–Crippen MR) is 83.3 cm³/mol. The van der Waals surface area contributed by atoms with Crippen LogP contribution < -0.4 is 0 Å². The van der Waals surface area contributed by atoms with Crippen LogP contribution in [0.25, 0.3) is 11.1 Å². The van der Waals surface area contributed by atoms with Gasteiger partial charge < -0.3 is 0 Å². The Bertz CT molecular complexity index is 1030. The van der Waals surface area contributed by atoms with Gasteiger partial charge >= 0.3 is 21.8 Å². The largest absolute Gasteiger partial charge is 0.536 e. The van der Waals surface area contributed by atoms with Crippen LogP contribution >= 0.6 is 0 Å². The van der Waals surface area contributed by atoms with Crippen LogP contribution in [0.15, 0.2) is 47.6 Å². The van der Waals surface area contributed by atoms with Gasteiger partial charge in [0.15, 0.2) is 5.71 Å². The number of nitrogens with zero attached hydrogens (tertiary/aromatic N) is 1. The normalized spacial score (nSPS) is 14.7. The molecular formula is C16H9F6NO3S. The van der Waals surface area contributed by atoms with Crippen molar-refractivity contribution in [1.29, 1.82) is 0 Å². The standard InChI is InChI=1S/C16H9F6NO3S/c17-15(18,19)14(23-26-27(24,25)16(20,21)22)10-5-6-13-11(8-10)7-9-3-1-2-4-12(9)13/h1-6,8H,7H2. The SMILES string of the molecule is O=S(=O)(ON=C(c1ccc2c(c1)Cc1ccccc1-2)C(F)(F)F)C(F)(F)F. The molecule has 0 aliphatic heterocycles. The lowest BCUT2D eigenvalue weighted by molar-refractivity contribution is -0.0633. The van der Waals surface area contributed by atoms with Crippen LogP contribution in [-0.2, 0) is 20.8 Å². The minimum absolute atomic E-state index is 0.326. The molecule has 2 aromatic carbocycles. The molecule has 144 valence electrons. The molecule has 0 spiro atoms. The first-order chi connectivity index (χ1) is 12.4. The quantitative estimate of drug-likeness (QED) is 0.279. The van der Waals surface area contributed by atoms with Crippen LogP contribution in [0.2, 0.25) is 0 Å². The van der Waals surface area contributed by atoms with Crippen LogP contribution in [0.4, 0.5) is 26.3 Å². The van der Waals surface area contributed by atoms with Crippen molar-refractivity contribution in [3.05, 3.63) is 59.2 Å². The zero-order valence-electron chi connectivity index (χ0n) is 13.1. The van der Waals surface area contributed by atoms with Crippen LogP contribution in [0.1, 0.15) is 16.7 Å². The maximum absolute atomic E-state index is 13.2. The number of fused-ring (bicyclic) bond motifs is 3. The Morgan fingerprint density at radius 3 is 2.19 bits per heavy atom. The van der Waals surface area contributed by atoms with Crippen molar-refractivity contribution in [2.24, 2.45) is 5.16 Å². The van der Waals surface area contributed by atoms with Gasteiger partial charge in [0.2, 0.25) is 0 Å². The summed E-state index contributed by atoms with van der Waals surface area (Å²) in [6, 6.07) is 10.6. The van der Waals surface area contributed by atoms with Gasteiger partial charge in [-0.15, -0.1) is 0 Å². The molecule has 0 bridgehead atoms. The van der Waals surface area contributed by atoms with Gasteiger partial charge in [-0.05, 0) is 34.7 Å². The lowest BCUT2D eigenvalue weighted by Crippen LogP contribution is -2.28. The maximum Gasteiger partial charge on any atom is 0.536 e.